The highest BCUT2D eigenvalue weighted by molar-refractivity contribution is 6.01. The van der Waals surface area contributed by atoms with Gasteiger partial charge in [-0.05, 0) is 23.3 Å². The van der Waals surface area contributed by atoms with Gasteiger partial charge < -0.3 is 9.64 Å². The van der Waals surface area contributed by atoms with Gasteiger partial charge in [0.25, 0.3) is 0 Å². The van der Waals surface area contributed by atoms with Crippen LogP contribution in [0.5, 0.6) is 0 Å². The molecule has 0 bridgehead atoms. The zero-order valence-corrected chi connectivity index (χ0v) is 16.7. The molecule has 1 saturated heterocycles. The van der Waals surface area contributed by atoms with E-state index in [0.29, 0.717) is 5.56 Å². The fourth-order valence-corrected chi connectivity index (χ4v) is 3.59. The summed E-state index contributed by atoms with van der Waals surface area (Å²) in [5.74, 6) is -2.58. The molecule has 0 aromatic heterocycles. The van der Waals surface area contributed by atoms with Crippen LogP contribution in [-0.2, 0) is 14.3 Å². The lowest BCUT2D eigenvalue weighted by atomic mass is 10.0. The van der Waals surface area contributed by atoms with Crippen molar-refractivity contribution >= 4 is 23.3 Å². The third-order valence-electron chi connectivity index (χ3n) is 5.26. The molecule has 0 N–H and O–H groups in total. The SMILES string of the molecule is O=C(COC(=O)C1CC(=O)N(c2ccccc2F)C1)c1ccc(-c2ccccc2)cc1. The highest BCUT2D eigenvalue weighted by Crippen LogP contribution is 2.28. The lowest BCUT2D eigenvalue weighted by Gasteiger charge is -2.17. The maximum Gasteiger partial charge on any atom is 0.311 e. The maximum atomic E-state index is 14.0. The van der Waals surface area contributed by atoms with Gasteiger partial charge in [0.15, 0.2) is 12.4 Å². The van der Waals surface area contributed by atoms with Crippen molar-refractivity contribution in [2.75, 3.05) is 18.1 Å². The van der Waals surface area contributed by atoms with E-state index in [-0.39, 0.29) is 30.3 Å². The number of Topliss-reactive ketones (excluding diaryl/α,β-unsaturated/α-hetero) is 1. The standard InChI is InChI=1S/C25H20FNO4/c26-21-8-4-5-9-22(21)27-15-20(14-24(27)29)25(30)31-16-23(28)19-12-10-18(11-13-19)17-6-2-1-3-7-17/h1-13,20H,14-16H2. The smallest absolute Gasteiger partial charge is 0.311 e. The number of hydrogen-bond donors (Lipinski definition) is 0. The third-order valence-corrected chi connectivity index (χ3v) is 5.26. The van der Waals surface area contributed by atoms with Crippen LogP contribution in [0.25, 0.3) is 11.1 Å². The number of nitrogens with zero attached hydrogens (tertiary/aromatic N) is 1. The van der Waals surface area contributed by atoms with E-state index in [2.05, 4.69) is 0 Å². The summed E-state index contributed by atoms with van der Waals surface area (Å²) < 4.78 is 19.1. The Morgan fingerprint density at radius 1 is 0.903 bits per heavy atom. The van der Waals surface area contributed by atoms with Crippen LogP contribution in [0.15, 0.2) is 78.9 Å². The van der Waals surface area contributed by atoms with Crippen LogP contribution in [0.4, 0.5) is 10.1 Å². The number of anilines is 1. The van der Waals surface area contributed by atoms with Gasteiger partial charge in [0.1, 0.15) is 5.82 Å². The van der Waals surface area contributed by atoms with Gasteiger partial charge in [0, 0.05) is 18.5 Å². The molecule has 1 aliphatic heterocycles. The van der Waals surface area contributed by atoms with Gasteiger partial charge in [0.2, 0.25) is 5.91 Å². The number of halogens is 1. The topological polar surface area (TPSA) is 63.7 Å². The average molecular weight is 417 g/mol. The molecule has 3 aromatic rings. The molecule has 1 fully saturated rings. The van der Waals surface area contributed by atoms with Crippen LogP contribution in [0.2, 0.25) is 0 Å². The fourth-order valence-electron chi connectivity index (χ4n) is 3.59. The van der Waals surface area contributed by atoms with Crippen molar-refractivity contribution in [1.29, 1.82) is 0 Å². The van der Waals surface area contributed by atoms with Crippen molar-refractivity contribution in [2.24, 2.45) is 5.92 Å². The molecule has 1 heterocycles. The molecule has 0 spiro atoms. The van der Waals surface area contributed by atoms with Crippen LogP contribution >= 0.6 is 0 Å². The molecule has 5 nitrogen and oxygen atoms in total. The van der Waals surface area contributed by atoms with Crippen LogP contribution in [0, 0.1) is 11.7 Å². The molecule has 1 atom stereocenters. The van der Waals surface area contributed by atoms with E-state index in [1.54, 1.807) is 18.2 Å². The number of esters is 1. The van der Waals surface area contributed by atoms with Crippen LogP contribution in [-0.4, -0.2) is 30.8 Å². The molecule has 3 aromatic carbocycles. The summed E-state index contributed by atoms with van der Waals surface area (Å²) in [5.41, 5.74) is 2.59. The molecule has 31 heavy (non-hydrogen) atoms. The molecule has 6 heteroatoms. The summed E-state index contributed by atoms with van der Waals surface area (Å²) in [4.78, 5) is 38.3. The molecule has 0 saturated carbocycles. The molecule has 1 amide bonds. The number of carbonyl (C=O) groups is 3. The first-order valence-electron chi connectivity index (χ1n) is 9.93. The van der Waals surface area contributed by atoms with E-state index in [1.165, 1.54) is 23.1 Å². The quantitative estimate of drug-likeness (QED) is 0.444. The van der Waals surface area contributed by atoms with Crippen molar-refractivity contribution in [3.63, 3.8) is 0 Å². The molecular weight excluding hydrogens is 397 g/mol. The molecular formula is C25H20FNO4. The fraction of sp³-hybridized carbons (Fsp3) is 0.160. The first-order chi connectivity index (χ1) is 15.0. The van der Waals surface area contributed by atoms with E-state index >= 15 is 0 Å². The largest absolute Gasteiger partial charge is 0.457 e. The summed E-state index contributed by atoms with van der Waals surface area (Å²) in [7, 11) is 0. The van der Waals surface area contributed by atoms with Crippen molar-refractivity contribution in [3.05, 3.63) is 90.2 Å². The van der Waals surface area contributed by atoms with E-state index in [1.807, 2.05) is 42.5 Å². The van der Waals surface area contributed by atoms with E-state index < -0.39 is 24.3 Å². The minimum Gasteiger partial charge on any atom is -0.457 e. The normalized spacial score (nSPS) is 15.7. The lowest BCUT2D eigenvalue weighted by Crippen LogP contribution is -2.27. The molecule has 0 aliphatic carbocycles. The highest BCUT2D eigenvalue weighted by Gasteiger charge is 2.37. The van der Waals surface area contributed by atoms with Gasteiger partial charge >= 0.3 is 5.97 Å². The first-order valence-corrected chi connectivity index (χ1v) is 9.93. The van der Waals surface area contributed by atoms with Crippen molar-refractivity contribution in [3.8, 4) is 11.1 Å². The average Bonchev–Trinajstić information content (AvgIpc) is 3.19. The Balaban J connectivity index is 1.34. The molecule has 156 valence electrons. The van der Waals surface area contributed by atoms with E-state index in [4.69, 9.17) is 4.74 Å². The monoisotopic (exact) mass is 417 g/mol. The zero-order chi connectivity index (χ0) is 21.8. The second-order valence-electron chi connectivity index (χ2n) is 7.33. The number of ketones is 1. The van der Waals surface area contributed by atoms with Crippen molar-refractivity contribution in [1.82, 2.24) is 0 Å². The number of ether oxygens (including phenoxy) is 1. The summed E-state index contributed by atoms with van der Waals surface area (Å²) in [5, 5.41) is 0. The van der Waals surface area contributed by atoms with Crippen LogP contribution in [0.1, 0.15) is 16.8 Å². The number of carbonyl (C=O) groups excluding carboxylic acids is 3. The lowest BCUT2D eigenvalue weighted by molar-refractivity contribution is -0.147. The van der Waals surface area contributed by atoms with Crippen molar-refractivity contribution in [2.45, 2.75) is 6.42 Å². The Morgan fingerprint density at radius 3 is 2.26 bits per heavy atom. The number of para-hydroxylation sites is 1. The minimum atomic E-state index is -0.736. The van der Waals surface area contributed by atoms with Crippen molar-refractivity contribution < 1.29 is 23.5 Å². The molecule has 4 rings (SSSR count). The number of rotatable bonds is 6. The highest BCUT2D eigenvalue weighted by atomic mass is 19.1. The van der Waals surface area contributed by atoms with Gasteiger partial charge in [0.05, 0.1) is 11.6 Å². The van der Waals surface area contributed by atoms with Gasteiger partial charge in [-0.3, -0.25) is 14.4 Å². The Kier molecular flexibility index (Phi) is 5.89. The summed E-state index contributed by atoms with van der Waals surface area (Å²) in [6, 6.07) is 22.7. The van der Waals surface area contributed by atoms with Gasteiger partial charge in [-0.15, -0.1) is 0 Å². The Morgan fingerprint density at radius 2 is 1.55 bits per heavy atom. The Labute approximate surface area is 179 Å². The predicted octanol–water partition coefficient (Wildman–Crippen LogP) is 4.27. The Hall–Kier alpha value is -3.80. The first kappa shape index (κ1) is 20.5. The van der Waals surface area contributed by atoms with Gasteiger partial charge in [-0.2, -0.15) is 0 Å². The summed E-state index contributed by atoms with van der Waals surface area (Å²) in [6.45, 7) is -0.382. The summed E-state index contributed by atoms with van der Waals surface area (Å²) in [6.07, 6.45) is -0.0763. The summed E-state index contributed by atoms with van der Waals surface area (Å²) >= 11 is 0. The number of hydrogen-bond acceptors (Lipinski definition) is 4. The number of benzene rings is 3. The molecule has 1 unspecified atom stereocenters. The maximum absolute atomic E-state index is 14.0. The van der Waals surface area contributed by atoms with E-state index in [9.17, 15) is 18.8 Å². The molecule has 1 aliphatic rings. The van der Waals surface area contributed by atoms with Crippen LogP contribution in [0.3, 0.4) is 0 Å². The van der Waals surface area contributed by atoms with Gasteiger partial charge in [-0.25, -0.2) is 4.39 Å². The van der Waals surface area contributed by atoms with Gasteiger partial charge in [-0.1, -0.05) is 66.7 Å². The van der Waals surface area contributed by atoms with E-state index in [0.717, 1.165) is 11.1 Å². The zero-order valence-electron chi connectivity index (χ0n) is 16.7. The minimum absolute atomic E-state index is 0.0264. The Bertz CT molecular complexity index is 1110. The second-order valence-corrected chi connectivity index (χ2v) is 7.33. The van der Waals surface area contributed by atoms with Crippen LogP contribution < -0.4 is 4.90 Å². The second kappa shape index (κ2) is 8.92. The molecule has 0 radical (unpaired) electrons. The third kappa shape index (κ3) is 4.53. The predicted molar refractivity (Wildman–Crippen MR) is 114 cm³/mol. The number of amides is 1.